The summed E-state index contributed by atoms with van der Waals surface area (Å²) in [6, 6.07) is 6.31. The molecule has 1 heterocycles. The van der Waals surface area contributed by atoms with E-state index < -0.39 is 76.3 Å². The number of rotatable bonds is 8. The zero-order valence-electron chi connectivity index (χ0n) is 16.9. The van der Waals surface area contributed by atoms with E-state index in [0.717, 1.165) is 3.57 Å². The number of carbonyl (C=O) groups excluding carboxylic acids is 3. The second kappa shape index (κ2) is 9.56. The first-order chi connectivity index (χ1) is 15.6. The molecule has 34 heavy (non-hydrogen) atoms. The molecule has 4 unspecified atom stereocenters. The van der Waals surface area contributed by atoms with Crippen LogP contribution in [0.15, 0.2) is 24.3 Å². The smallest absolute Gasteiger partial charge is 0.396 e. The minimum atomic E-state index is -6.67. The van der Waals surface area contributed by atoms with Crippen molar-refractivity contribution in [2.45, 2.75) is 42.6 Å². The number of alkyl halides is 4. The van der Waals surface area contributed by atoms with Gasteiger partial charge in [0.15, 0.2) is 10.1 Å². The minimum absolute atomic E-state index is 0.0219. The molecule has 2 fully saturated rings. The molecule has 15 heteroatoms. The summed E-state index contributed by atoms with van der Waals surface area (Å²) < 4.78 is 101. The van der Waals surface area contributed by atoms with Crippen molar-refractivity contribution >= 4 is 50.6 Å². The van der Waals surface area contributed by atoms with Crippen LogP contribution < -0.4 is 0 Å². The van der Waals surface area contributed by atoms with Gasteiger partial charge in [0, 0.05) is 16.4 Å². The molecule has 1 aromatic carbocycles. The van der Waals surface area contributed by atoms with E-state index in [1.54, 1.807) is 12.1 Å². The Morgan fingerprint density at radius 2 is 1.76 bits per heavy atom. The second-order valence-electron chi connectivity index (χ2n) is 7.70. The maximum absolute atomic E-state index is 13.5. The third kappa shape index (κ3) is 5.30. The first-order valence-corrected chi connectivity index (χ1v) is 12.2. The van der Waals surface area contributed by atoms with Crippen LogP contribution in [-0.2, 0) is 33.9 Å². The monoisotopic (exact) mass is 623 g/mol. The summed E-state index contributed by atoms with van der Waals surface area (Å²) >= 11 is 2.03. The third-order valence-corrected chi connectivity index (χ3v) is 7.13. The van der Waals surface area contributed by atoms with E-state index in [4.69, 9.17) is 9.47 Å². The molecule has 1 aliphatic carbocycles. The summed E-state index contributed by atoms with van der Waals surface area (Å²) in [5, 5.41) is -5.91. The Hall–Kier alpha value is -2.01. The maximum Gasteiger partial charge on any atom is 0.396 e. The molecule has 9 nitrogen and oxygen atoms in total. The van der Waals surface area contributed by atoms with Gasteiger partial charge in [0.2, 0.25) is 0 Å². The SMILES string of the molecule is O=C(OC1CC(C(=O)OCCC(F)(F)C(F)(F)S(=O)(=O)[O-])C2CC1OC2=O)c1ccc(I)cc1. The summed E-state index contributed by atoms with van der Waals surface area (Å²) in [5.74, 6) is -10.4. The van der Waals surface area contributed by atoms with Crippen LogP contribution in [0.3, 0.4) is 0 Å². The molecule has 1 saturated carbocycles. The van der Waals surface area contributed by atoms with Crippen molar-refractivity contribution in [2.24, 2.45) is 11.8 Å². The van der Waals surface area contributed by atoms with Crippen LogP contribution in [0.5, 0.6) is 0 Å². The van der Waals surface area contributed by atoms with Gasteiger partial charge in [0.05, 0.1) is 30.4 Å². The molecular formula is C19H16F4IO9S-. The molecule has 1 aliphatic heterocycles. The number of benzene rings is 1. The quantitative estimate of drug-likeness (QED) is 0.141. The van der Waals surface area contributed by atoms with Crippen molar-refractivity contribution < 1.29 is 59.1 Å². The molecular weight excluding hydrogens is 607 g/mol. The van der Waals surface area contributed by atoms with E-state index in [1.807, 2.05) is 22.6 Å². The summed E-state index contributed by atoms with van der Waals surface area (Å²) in [6.07, 6.45) is -4.12. The van der Waals surface area contributed by atoms with Gasteiger partial charge in [0.1, 0.15) is 12.2 Å². The van der Waals surface area contributed by atoms with Gasteiger partial charge >= 0.3 is 29.1 Å². The standard InChI is InChI=1S/C19H17F4IO9S/c20-18(21,19(22,23)34(28,29)30)5-6-31-16(26)11-7-13(14-8-12(11)17(27)33-14)32-15(25)9-1-3-10(24)4-2-9/h1-4,11-14H,5-8H2,(H,28,29,30)/p-1. The van der Waals surface area contributed by atoms with E-state index in [-0.39, 0.29) is 18.4 Å². The Labute approximate surface area is 204 Å². The van der Waals surface area contributed by atoms with E-state index in [0.29, 0.717) is 0 Å². The van der Waals surface area contributed by atoms with Crippen LogP contribution in [0.25, 0.3) is 0 Å². The summed E-state index contributed by atoms with van der Waals surface area (Å²) in [7, 11) is -6.67. The molecule has 0 amide bonds. The molecule has 2 aliphatic rings. The first kappa shape index (κ1) is 26.6. The lowest BCUT2D eigenvalue weighted by molar-refractivity contribution is -0.177. The highest BCUT2D eigenvalue weighted by molar-refractivity contribution is 14.1. The first-order valence-electron chi connectivity index (χ1n) is 9.69. The zero-order chi connectivity index (χ0) is 25.5. The predicted octanol–water partition coefficient (Wildman–Crippen LogP) is 2.47. The average molecular weight is 623 g/mol. The molecule has 0 spiro atoms. The number of hydrogen-bond donors (Lipinski definition) is 0. The number of carbonyl (C=O) groups is 3. The Balaban J connectivity index is 1.64. The fourth-order valence-corrected chi connectivity index (χ4v) is 4.47. The minimum Gasteiger partial charge on any atom is -0.743 e. The molecule has 0 aromatic heterocycles. The number of hydrogen-bond acceptors (Lipinski definition) is 9. The van der Waals surface area contributed by atoms with Crippen molar-refractivity contribution in [1.29, 1.82) is 0 Å². The molecule has 0 N–H and O–H groups in total. The van der Waals surface area contributed by atoms with Crippen LogP contribution >= 0.6 is 22.6 Å². The molecule has 4 atom stereocenters. The van der Waals surface area contributed by atoms with Gasteiger partial charge in [0.25, 0.3) is 0 Å². The third-order valence-electron chi connectivity index (χ3n) is 5.48. The fraction of sp³-hybridized carbons (Fsp3) is 0.526. The predicted molar refractivity (Wildman–Crippen MR) is 110 cm³/mol. The lowest BCUT2D eigenvalue weighted by atomic mass is 9.78. The van der Waals surface area contributed by atoms with Gasteiger partial charge in [-0.2, -0.15) is 17.6 Å². The largest absolute Gasteiger partial charge is 0.743 e. The molecule has 3 rings (SSSR count). The van der Waals surface area contributed by atoms with Gasteiger partial charge in [-0.25, -0.2) is 13.2 Å². The maximum atomic E-state index is 13.5. The summed E-state index contributed by atoms with van der Waals surface area (Å²) in [5.41, 5.74) is 0.197. The molecule has 188 valence electrons. The van der Waals surface area contributed by atoms with E-state index in [2.05, 4.69) is 4.74 Å². The van der Waals surface area contributed by atoms with Gasteiger partial charge < -0.3 is 18.8 Å². The van der Waals surface area contributed by atoms with Crippen LogP contribution in [0, 0.1) is 15.4 Å². The number of ether oxygens (including phenoxy) is 3. The lowest BCUT2D eigenvalue weighted by Gasteiger charge is -2.31. The highest BCUT2D eigenvalue weighted by Gasteiger charge is 2.61. The van der Waals surface area contributed by atoms with Crippen LogP contribution in [0.4, 0.5) is 17.6 Å². The Morgan fingerprint density at radius 1 is 1.15 bits per heavy atom. The normalized spacial score (nSPS) is 24.9. The van der Waals surface area contributed by atoms with Crippen LogP contribution in [0.1, 0.15) is 29.6 Å². The molecule has 1 saturated heterocycles. The number of esters is 3. The average Bonchev–Trinajstić information content (AvgIpc) is 3.05. The fourth-order valence-electron chi connectivity index (χ4n) is 3.64. The lowest BCUT2D eigenvalue weighted by Crippen LogP contribution is -2.47. The summed E-state index contributed by atoms with van der Waals surface area (Å²) in [4.78, 5) is 36.9. The van der Waals surface area contributed by atoms with Gasteiger partial charge in [-0.05, 0) is 46.9 Å². The molecule has 1 aromatic rings. The number of fused-ring (bicyclic) bond motifs is 2. The van der Waals surface area contributed by atoms with Gasteiger partial charge in [-0.15, -0.1) is 0 Å². The van der Waals surface area contributed by atoms with Crippen molar-refractivity contribution in [3.05, 3.63) is 33.4 Å². The topological polar surface area (TPSA) is 136 Å². The van der Waals surface area contributed by atoms with Gasteiger partial charge in [-0.1, -0.05) is 0 Å². The van der Waals surface area contributed by atoms with Gasteiger partial charge in [-0.3, -0.25) is 9.59 Å². The summed E-state index contributed by atoms with van der Waals surface area (Å²) in [6.45, 7) is -1.36. The zero-order valence-corrected chi connectivity index (χ0v) is 19.9. The van der Waals surface area contributed by atoms with Crippen molar-refractivity contribution in [2.75, 3.05) is 6.61 Å². The van der Waals surface area contributed by atoms with Crippen molar-refractivity contribution in [3.63, 3.8) is 0 Å². The molecule has 2 bridgehead atoms. The highest BCUT2D eigenvalue weighted by atomic mass is 127. The van der Waals surface area contributed by atoms with E-state index in [9.17, 15) is 44.9 Å². The number of halogens is 5. The Morgan fingerprint density at radius 3 is 2.35 bits per heavy atom. The van der Waals surface area contributed by atoms with E-state index in [1.165, 1.54) is 12.1 Å². The van der Waals surface area contributed by atoms with Crippen LogP contribution in [0.2, 0.25) is 0 Å². The molecule has 0 radical (unpaired) electrons. The highest BCUT2D eigenvalue weighted by Crippen LogP contribution is 2.42. The van der Waals surface area contributed by atoms with E-state index >= 15 is 0 Å². The Kier molecular flexibility index (Phi) is 7.48. The second-order valence-corrected chi connectivity index (χ2v) is 10.4. The van der Waals surface area contributed by atoms with Crippen LogP contribution in [-0.4, -0.2) is 60.9 Å². The van der Waals surface area contributed by atoms with Crippen molar-refractivity contribution in [1.82, 2.24) is 0 Å². The Bertz CT molecular complexity index is 1080. The van der Waals surface area contributed by atoms with Crippen molar-refractivity contribution in [3.8, 4) is 0 Å².